The number of phosphoric ester groups is 2. The van der Waals surface area contributed by atoms with E-state index in [1.165, 1.54) is 238 Å². The van der Waals surface area contributed by atoms with E-state index in [2.05, 4.69) is 34.6 Å². The van der Waals surface area contributed by atoms with Crippen molar-refractivity contribution in [1.82, 2.24) is 0 Å². The Kier molecular flexibility index (Phi) is 69.6. The molecule has 0 bridgehead atoms. The van der Waals surface area contributed by atoms with Crippen LogP contribution in [0.25, 0.3) is 0 Å². The van der Waals surface area contributed by atoms with Crippen molar-refractivity contribution in [3.8, 4) is 0 Å². The predicted octanol–water partition coefficient (Wildman–Crippen LogP) is 23.3. The minimum atomic E-state index is -4.96. The van der Waals surface area contributed by atoms with E-state index in [1.54, 1.807) is 0 Å². The molecule has 0 aromatic rings. The van der Waals surface area contributed by atoms with Crippen LogP contribution in [0, 0.1) is 5.92 Å². The molecule has 0 saturated heterocycles. The van der Waals surface area contributed by atoms with Gasteiger partial charge in [-0.05, 0) is 31.6 Å². The smallest absolute Gasteiger partial charge is 0.462 e. The Morgan fingerprint density at radius 1 is 0.278 bits per heavy atom. The standard InChI is InChI=1S/C78H152O17P2/c1-6-9-12-15-18-21-22-23-24-25-26-27-28-29-30-31-36-39-44-49-54-59-64-78(83)95-74(68-89-76(81)62-57-52-47-43-38-35-33-32-34-37-42-45-50-55-60-71(4)5)70-93-97(86,87)91-66-72(79)65-90-96(84,85)92-69-73(94-77(82)63-58-53-48-41-20-17-14-11-8-3)67-88-75(80)61-56-51-46-40-19-16-13-10-7-2/h71-74,79H,6-70H2,1-5H3,(H,84,85)(H,86,87)/t72-,73+,74+/m0/s1. The fraction of sp³-hybridized carbons (Fsp3) is 0.949. The van der Waals surface area contributed by atoms with Gasteiger partial charge < -0.3 is 33.8 Å². The molecule has 97 heavy (non-hydrogen) atoms. The highest BCUT2D eigenvalue weighted by Crippen LogP contribution is 2.45. The van der Waals surface area contributed by atoms with Crippen molar-refractivity contribution in [3.63, 3.8) is 0 Å². The van der Waals surface area contributed by atoms with E-state index in [0.717, 1.165) is 95.8 Å². The quantitative estimate of drug-likeness (QED) is 0.0222. The molecule has 0 aliphatic heterocycles. The van der Waals surface area contributed by atoms with Gasteiger partial charge in [-0.3, -0.25) is 37.3 Å². The molecule has 3 N–H and O–H groups in total. The second-order valence-electron chi connectivity index (χ2n) is 28.6. The summed E-state index contributed by atoms with van der Waals surface area (Å²) in [4.78, 5) is 72.7. The lowest BCUT2D eigenvalue weighted by atomic mass is 10.0. The zero-order chi connectivity index (χ0) is 71.2. The van der Waals surface area contributed by atoms with Crippen LogP contribution in [-0.4, -0.2) is 96.7 Å². The van der Waals surface area contributed by atoms with Gasteiger partial charge in [0, 0.05) is 25.7 Å². The summed E-state index contributed by atoms with van der Waals surface area (Å²) in [6.07, 6.45) is 61.3. The number of rotatable bonds is 78. The molecule has 576 valence electrons. The van der Waals surface area contributed by atoms with E-state index in [-0.39, 0.29) is 25.7 Å². The Hall–Kier alpha value is -1.94. The van der Waals surface area contributed by atoms with Crippen LogP contribution in [0.1, 0.15) is 413 Å². The third-order valence-corrected chi connectivity index (χ3v) is 20.2. The molecule has 0 rings (SSSR count). The number of esters is 4. The van der Waals surface area contributed by atoms with Crippen LogP contribution in [0.3, 0.4) is 0 Å². The van der Waals surface area contributed by atoms with Crippen molar-refractivity contribution >= 4 is 39.5 Å². The number of hydrogen-bond donors (Lipinski definition) is 3. The van der Waals surface area contributed by atoms with E-state index in [1.807, 2.05) is 0 Å². The van der Waals surface area contributed by atoms with Crippen LogP contribution in [0.5, 0.6) is 0 Å². The molecule has 19 heteroatoms. The Morgan fingerprint density at radius 3 is 0.701 bits per heavy atom. The Bertz CT molecular complexity index is 1860. The molecular formula is C78H152O17P2. The van der Waals surface area contributed by atoms with Gasteiger partial charge in [0.25, 0.3) is 0 Å². The summed E-state index contributed by atoms with van der Waals surface area (Å²) in [6, 6.07) is 0. The number of carbonyl (C=O) groups excluding carboxylic acids is 4. The van der Waals surface area contributed by atoms with Crippen LogP contribution in [0.4, 0.5) is 0 Å². The van der Waals surface area contributed by atoms with Gasteiger partial charge in [0.15, 0.2) is 12.2 Å². The number of carbonyl (C=O) groups is 4. The maximum atomic E-state index is 13.1. The first-order valence-electron chi connectivity index (χ1n) is 40.6. The van der Waals surface area contributed by atoms with E-state index < -0.39 is 97.5 Å². The minimum Gasteiger partial charge on any atom is -0.462 e. The average molecular weight is 1420 g/mol. The summed E-state index contributed by atoms with van der Waals surface area (Å²) in [5.74, 6) is -1.32. The monoisotopic (exact) mass is 1420 g/mol. The molecule has 0 amide bonds. The summed E-state index contributed by atoms with van der Waals surface area (Å²) in [5, 5.41) is 10.6. The molecule has 17 nitrogen and oxygen atoms in total. The Morgan fingerprint density at radius 2 is 0.474 bits per heavy atom. The van der Waals surface area contributed by atoms with Gasteiger partial charge in [0.05, 0.1) is 26.4 Å². The second-order valence-corrected chi connectivity index (χ2v) is 31.5. The van der Waals surface area contributed by atoms with Crippen molar-refractivity contribution in [1.29, 1.82) is 0 Å². The van der Waals surface area contributed by atoms with Gasteiger partial charge in [0.2, 0.25) is 0 Å². The molecule has 0 aliphatic carbocycles. The highest BCUT2D eigenvalue weighted by molar-refractivity contribution is 7.47. The highest BCUT2D eigenvalue weighted by Gasteiger charge is 2.30. The molecule has 0 saturated carbocycles. The molecular weight excluding hydrogens is 1270 g/mol. The molecule has 2 unspecified atom stereocenters. The van der Waals surface area contributed by atoms with Gasteiger partial charge in [-0.15, -0.1) is 0 Å². The maximum absolute atomic E-state index is 13.1. The molecule has 0 fully saturated rings. The topological polar surface area (TPSA) is 237 Å². The van der Waals surface area contributed by atoms with E-state index >= 15 is 0 Å². The SMILES string of the molecule is CCCCCCCCCCCCCCCCCCCCCCCCC(=O)O[C@H](COC(=O)CCCCCCCCCCCCCCCCC(C)C)COP(=O)(O)OC[C@@H](O)COP(=O)(O)OC[C@@H](COC(=O)CCCCCCCCCCC)OC(=O)CCCCCCCCCCC. The number of aliphatic hydroxyl groups excluding tert-OH is 1. The van der Waals surface area contributed by atoms with Crippen LogP contribution in [0.2, 0.25) is 0 Å². The lowest BCUT2D eigenvalue weighted by molar-refractivity contribution is -0.161. The molecule has 0 spiro atoms. The predicted molar refractivity (Wildman–Crippen MR) is 395 cm³/mol. The number of hydrogen-bond acceptors (Lipinski definition) is 15. The maximum Gasteiger partial charge on any atom is 0.472 e. The van der Waals surface area contributed by atoms with Crippen molar-refractivity contribution < 1.29 is 80.2 Å². The molecule has 0 aromatic carbocycles. The van der Waals surface area contributed by atoms with E-state index in [4.69, 9.17) is 37.0 Å². The summed E-state index contributed by atoms with van der Waals surface area (Å²) in [5.41, 5.74) is 0. The van der Waals surface area contributed by atoms with Gasteiger partial charge in [-0.2, -0.15) is 0 Å². The van der Waals surface area contributed by atoms with Crippen molar-refractivity contribution in [2.45, 2.75) is 432 Å². The fourth-order valence-corrected chi connectivity index (χ4v) is 13.6. The second kappa shape index (κ2) is 71.1. The first kappa shape index (κ1) is 95.1. The zero-order valence-corrected chi connectivity index (χ0v) is 65.0. The lowest BCUT2D eigenvalue weighted by Gasteiger charge is -2.21. The van der Waals surface area contributed by atoms with Crippen LogP contribution < -0.4 is 0 Å². The van der Waals surface area contributed by atoms with Gasteiger partial charge in [-0.25, -0.2) is 9.13 Å². The van der Waals surface area contributed by atoms with Crippen LogP contribution in [-0.2, 0) is 65.4 Å². The summed E-state index contributed by atoms with van der Waals surface area (Å²) in [7, 11) is -9.91. The van der Waals surface area contributed by atoms with Crippen molar-refractivity contribution in [2.24, 2.45) is 5.92 Å². The molecule has 0 aromatic heterocycles. The number of unbranched alkanes of at least 4 members (excludes halogenated alkanes) is 50. The first-order chi connectivity index (χ1) is 47.0. The molecule has 0 radical (unpaired) electrons. The van der Waals surface area contributed by atoms with Crippen LogP contribution in [0.15, 0.2) is 0 Å². The Labute approximate surface area is 594 Å². The molecule has 0 aliphatic rings. The third-order valence-electron chi connectivity index (χ3n) is 18.3. The Balaban J connectivity index is 5.15. The normalized spacial score (nSPS) is 13.9. The summed E-state index contributed by atoms with van der Waals surface area (Å²) >= 11 is 0. The highest BCUT2D eigenvalue weighted by atomic mass is 31.2. The molecule has 0 heterocycles. The third kappa shape index (κ3) is 72.2. The van der Waals surface area contributed by atoms with Crippen LogP contribution >= 0.6 is 15.6 Å². The number of ether oxygens (including phenoxy) is 4. The number of phosphoric acid groups is 2. The van der Waals surface area contributed by atoms with Gasteiger partial charge >= 0.3 is 39.5 Å². The zero-order valence-electron chi connectivity index (χ0n) is 63.2. The average Bonchev–Trinajstić information content (AvgIpc) is 1.26. The largest absolute Gasteiger partial charge is 0.472 e. The van der Waals surface area contributed by atoms with Crippen molar-refractivity contribution in [2.75, 3.05) is 39.6 Å². The van der Waals surface area contributed by atoms with Crippen molar-refractivity contribution in [3.05, 3.63) is 0 Å². The van der Waals surface area contributed by atoms with Gasteiger partial charge in [-0.1, -0.05) is 362 Å². The molecule has 5 atom stereocenters. The van der Waals surface area contributed by atoms with E-state index in [0.29, 0.717) is 25.7 Å². The first-order valence-corrected chi connectivity index (χ1v) is 43.6. The lowest BCUT2D eigenvalue weighted by Crippen LogP contribution is -2.30. The summed E-state index contributed by atoms with van der Waals surface area (Å²) < 4.78 is 68.5. The van der Waals surface area contributed by atoms with Gasteiger partial charge in [0.1, 0.15) is 19.3 Å². The van der Waals surface area contributed by atoms with E-state index in [9.17, 15) is 43.2 Å². The minimum absolute atomic E-state index is 0.106. The summed E-state index contributed by atoms with van der Waals surface area (Å²) in [6.45, 7) is 7.29. The number of aliphatic hydroxyl groups is 1. The fourth-order valence-electron chi connectivity index (χ4n) is 12.1.